The third-order valence-corrected chi connectivity index (χ3v) is 2.16. The molecule has 2 rings (SSSR count). The predicted molar refractivity (Wildman–Crippen MR) is 58.0 cm³/mol. The molecular formula is C11H13N3O. The van der Waals surface area contributed by atoms with Crippen LogP contribution in [0.1, 0.15) is 5.56 Å². The smallest absolute Gasteiger partial charge is 0.117 e. The van der Waals surface area contributed by atoms with Crippen molar-refractivity contribution in [1.29, 1.82) is 0 Å². The van der Waals surface area contributed by atoms with Crippen LogP contribution in [0.2, 0.25) is 0 Å². The Hall–Kier alpha value is -1.81. The molecule has 0 aliphatic rings. The first kappa shape index (κ1) is 9.73. The van der Waals surface area contributed by atoms with Crippen molar-refractivity contribution in [3.05, 3.63) is 42.2 Å². The largest absolute Gasteiger partial charge is 0.508 e. The van der Waals surface area contributed by atoms with E-state index in [4.69, 9.17) is 5.73 Å². The number of nitrogens with zero attached hydrogens (tertiary/aromatic N) is 2. The van der Waals surface area contributed by atoms with Gasteiger partial charge in [0.2, 0.25) is 0 Å². The van der Waals surface area contributed by atoms with Crippen molar-refractivity contribution in [1.82, 2.24) is 9.78 Å². The van der Waals surface area contributed by atoms with Crippen LogP contribution in [0.5, 0.6) is 5.75 Å². The van der Waals surface area contributed by atoms with Gasteiger partial charge < -0.3 is 10.8 Å². The molecule has 0 fully saturated rings. The second-order valence-electron chi connectivity index (χ2n) is 3.35. The lowest BCUT2D eigenvalue weighted by atomic mass is 10.2. The molecule has 0 aliphatic heterocycles. The monoisotopic (exact) mass is 203 g/mol. The maximum atomic E-state index is 9.32. The van der Waals surface area contributed by atoms with Gasteiger partial charge >= 0.3 is 0 Å². The molecule has 0 saturated carbocycles. The first-order valence-electron chi connectivity index (χ1n) is 4.82. The molecule has 0 bridgehead atoms. The minimum absolute atomic E-state index is 0.239. The summed E-state index contributed by atoms with van der Waals surface area (Å²) in [6.45, 7) is 0.617. The number of hydrogen-bond acceptors (Lipinski definition) is 3. The van der Waals surface area contributed by atoms with Crippen LogP contribution in [0.25, 0.3) is 5.69 Å². The van der Waals surface area contributed by atoms with E-state index >= 15 is 0 Å². The molecule has 2 aromatic rings. The summed E-state index contributed by atoms with van der Waals surface area (Å²) in [6.07, 6.45) is 4.53. The third-order valence-electron chi connectivity index (χ3n) is 2.16. The van der Waals surface area contributed by atoms with Gasteiger partial charge in [0.15, 0.2) is 0 Å². The third kappa shape index (κ3) is 2.16. The number of phenolic OH excluding ortho intramolecular Hbond substituents is 1. The van der Waals surface area contributed by atoms with Gasteiger partial charge in [0.25, 0.3) is 0 Å². The number of rotatable bonds is 3. The quantitative estimate of drug-likeness (QED) is 0.784. The molecule has 1 heterocycles. The summed E-state index contributed by atoms with van der Waals surface area (Å²) in [6, 6.07) is 6.97. The summed E-state index contributed by atoms with van der Waals surface area (Å²) in [5, 5.41) is 13.5. The molecule has 15 heavy (non-hydrogen) atoms. The average Bonchev–Trinajstić information content (AvgIpc) is 2.67. The van der Waals surface area contributed by atoms with E-state index in [1.54, 1.807) is 29.1 Å². The first-order chi connectivity index (χ1) is 7.29. The van der Waals surface area contributed by atoms with Crippen LogP contribution in [0, 0.1) is 0 Å². The van der Waals surface area contributed by atoms with Gasteiger partial charge in [0.05, 0.1) is 11.9 Å². The van der Waals surface area contributed by atoms with E-state index in [9.17, 15) is 5.11 Å². The van der Waals surface area contributed by atoms with Crippen LogP contribution >= 0.6 is 0 Å². The van der Waals surface area contributed by atoms with Crippen molar-refractivity contribution in [2.24, 2.45) is 5.73 Å². The molecule has 0 unspecified atom stereocenters. The molecule has 4 nitrogen and oxygen atoms in total. The van der Waals surface area contributed by atoms with Gasteiger partial charge in [0.1, 0.15) is 5.75 Å². The Bertz CT molecular complexity index is 451. The van der Waals surface area contributed by atoms with Gasteiger partial charge in [-0.25, -0.2) is 4.68 Å². The van der Waals surface area contributed by atoms with Crippen molar-refractivity contribution < 1.29 is 5.11 Å². The van der Waals surface area contributed by atoms with Crippen molar-refractivity contribution in [3.8, 4) is 11.4 Å². The average molecular weight is 203 g/mol. The maximum absolute atomic E-state index is 9.32. The van der Waals surface area contributed by atoms with E-state index in [0.29, 0.717) is 6.54 Å². The summed E-state index contributed by atoms with van der Waals surface area (Å²) in [7, 11) is 0. The Morgan fingerprint density at radius 3 is 3.00 bits per heavy atom. The summed E-state index contributed by atoms with van der Waals surface area (Å²) in [4.78, 5) is 0. The van der Waals surface area contributed by atoms with Gasteiger partial charge in [-0.3, -0.25) is 0 Å². The van der Waals surface area contributed by atoms with E-state index in [1.807, 2.05) is 12.3 Å². The molecule has 0 radical (unpaired) electrons. The molecule has 0 saturated heterocycles. The summed E-state index contributed by atoms with van der Waals surface area (Å²) >= 11 is 0. The zero-order chi connectivity index (χ0) is 10.7. The van der Waals surface area contributed by atoms with Gasteiger partial charge in [0, 0.05) is 12.3 Å². The number of benzene rings is 1. The minimum Gasteiger partial charge on any atom is -0.508 e. The van der Waals surface area contributed by atoms with Gasteiger partial charge in [-0.2, -0.15) is 5.10 Å². The van der Waals surface area contributed by atoms with Crippen LogP contribution in [0.4, 0.5) is 0 Å². The van der Waals surface area contributed by atoms with E-state index in [2.05, 4.69) is 5.10 Å². The number of aromatic hydroxyl groups is 1. The van der Waals surface area contributed by atoms with Crippen LogP contribution in [-0.2, 0) is 6.42 Å². The Labute approximate surface area is 88.0 Å². The van der Waals surface area contributed by atoms with Crippen LogP contribution < -0.4 is 5.73 Å². The van der Waals surface area contributed by atoms with Gasteiger partial charge in [-0.1, -0.05) is 6.07 Å². The highest BCUT2D eigenvalue weighted by atomic mass is 16.3. The zero-order valence-electron chi connectivity index (χ0n) is 8.30. The maximum Gasteiger partial charge on any atom is 0.117 e. The zero-order valence-corrected chi connectivity index (χ0v) is 8.30. The molecule has 0 spiro atoms. The Balaban J connectivity index is 2.29. The fourth-order valence-electron chi connectivity index (χ4n) is 1.43. The predicted octanol–water partition coefficient (Wildman–Crippen LogP) is 1.08. The van der Waals surface area contributed by atoms with Crippen molar-refractivity contribution in [3.63, 3.8) is 0 Å². The highest BCUT2D eigenvalue weighted by Gasteiger charge is 2.00. The van der Waals surface area contributed by atoms with Crippen LogP contribution in [-0.4, -0.2) is 21.4 Å². The fraction of sp³-hybridized carbons (Fsp3) is 0.182. The highest BCUT2D eigenvalue weighted by Crippen LogP contribution is 2.14. The molecule has 1 aromatic carbocycles. The van der Waals surface area contributed by atoms with Crippen LogP contribution in [0.3, 0.4) is 0 Å². The fourth-order valence-corrected chi connectivity index (χ4v) is 1.43. The molecule has 3 N–H and O–H groups in total. The first-order valence-corrected chi connectivity index (χ1v) is 4.82. The summed E-state index contributed by atoms with van der Waals surface area (Å²) < 4.78 is 1.73. The normalized spacial score (nSPS) is 10.5. The summed E-state index contributed by atoms with van der Waals surface area (Å²) in [5.74, 6) is 0.239. The molecule has 1 aromatic heterocycles. The van der Waals surface area contributed by atoms with E-state index < -0.39 is 0 Å². The van der Waals surface area contributed by atoms with Crippen molar-refractivity contribution in [2.75, 3.05) is 6.54 Å². The molecule has 4 heteroatoms. The topological polar surface area (TPSA) is 64.1 Å². The Kier molecular flexibility index (Phi) is 2.69. The second kappa shape index (κ2) is 4.14. The molecule has 78 valence electrons. The van der Waals surface area contributed by atoms with E-state index in [-0.39, 0.29) is 5.75 Å². The van der Waals surface area contributed by atoms with Gasteiger partial charge in [-0.15, -0.1) is 0 Å². The molecular weight excluding hydrogens is 190 g/mol. The lowest BCUT2D eigenvalue weighted by Crippen LogP contribution is -2.01. The van der Waals surface area contributed by atoms with E-state index in [0.717, 1.165) is 17.7 Å². The lowest BCUT2D eigenvalue weighted by molar-refractivity contribution is 0.475. The number of hydrogen-bond donors (Lipinski definition) is 2. The van der Waals surface area contributed by atoms with E-state index in [1.165, 1.54) is 0 Å². The Morgan fingerprint density at radius 2 is 2.27 bits per heavy atom. The molecule has 0 aliphatic carbocycles. The summed E-state index contributed by atoms with van der Waals surface area (Å²) in [5.41, 5.74) is 7.40. The minimum atomic E-state index is 0.239. The molecule has 0 amide bonds. The second-order valence-corrected chi connectivity index (χ2v) is 3.35. The van der Waals surface area contributed by atoms with Crippen molar-refractivity contribution in [2.45, 2.75) is 6.42 Å². The van der Waals surface area contributed by atoms with Crippen LogP contribution in [0.15, 0.2) is 36.7 Å². The number of phenols is 1. The molecule has 0 atom stereocenters. The standard InChI is InChI=1S/C11H13N3O/c12-5-4-9-7-13-14(8-9)10-2-1-3-11(15)6-10/h1-3,6-8,15H,4-5,12H2. The lowest BCUT2D eigenvalue weighted by Gasteiger charge is -2.00. The SMILES string of the molecule is NCCc1cnn(-c2cccc(O)c2)c1. The van der Waals surface area contributed by atoms with Crippen molar-refractivity contribution >= 4 is 0 Å². The number of nitrogens with two attached hydrogens (primary N) is 1. The Morgan fingerprint density at radius 1 is 1.40 bits per heavy atom. The number of aromatic nitrogens is 2. The highest BCUT2D eigenvalue weighted by molar-refractivity contribution is 5.38. The van der Waals surface area contributed by atoms with Gasteiger partial charge in [-0.05, 0) is 30.7 Å².